The Balaban J connectivity index is 2.74. The van der Waals surface area contributed by atoms with Gasteiger partial charge in [-0.15, -0.1) is 6.42 Å². The van der Waals surface area contributed by atoms with Crippen LogP contribution in [0.3, 0.4) is 0 Å². The van der Waals surface area contributed by atoms with Crippen LogP contribution >= 0.6 is 0 Å². The molecule has 2 atom stereocenters. The van der Waals surface area contributed by atoms with Crippen molar-refractivity contribution >= 4 is 0 Å². The van der Waals surface area contributed by atoms with E-state index in [1.807, 2.05) is 18.2 Å². The van der Waals surface area contributed by atoms with E-state index in [0.717, 1.165) is 43.1 Å². The van der Waals surface area contributed by atoms with Gasteiger partial charge in [0.2, 0.25) is 0 Å². The molecule has 0 aliphatic carbocycles. The van der Waals surface area contributed by atoms with Crippen molar-refractivity contribution in [3.05, 3.63) is 23.8 Å². The van der Waals surface area contributed by atoms with Crippen molar-refractivity contribution in [1.29, 1.82) is 0 Å². The number of terminal acetylenes is 1. The van der Waals surface area contributed by atoms with Crippen LogP contribution in [0.1, 0.15) is 84.6 Å². The van der Waals surface area contributed by atoms with Crippen LogP contribution in [-0.4, -0.2) is 13.2 Å². The van der Waals surface area contributed by atoms with Gasteiger partial charge in [-0.2, -0.15) is 0 Å². The summed E-state index contributed by atoms with van der Waals surface area (Å²) in [4.78, 5) is 0. The Hall–Kier alpha value is -1.62. The third-order valence-corrected chi connectivity index (χ3v) is 5.15. The first kappa shape index (κ1) is 22.4. The molecule has 0 aliphatic rings. The number of rotatable bonds is 14. The molecule has 2 unspecified atom stereocenters. The Kier molecular flexibility index (Phi) is 11.7. The lowest BCUT2D eigenvalue weighted by Gasteiger charge is -2.20. The van der Waals surface area contributed by atoms with Crippen molar-refractivity contribution < 1.29 is 9.47 Å². The molecule has 0 radical (unpaired) electrons. The molecule has 1 aromatic carbocycles. The van der Waals surface area contributed by atoms with E-state index in [4.69, 9.17) is 15.9 Å². The molecule has 0 aromatic heterocycles. The number of hydrogen-bond donors (Lipinski definition) is 0. The molecule has 0 fully saturated rings. The molecule has 1 aromatic rings. The van der Waals surface area contributed by atoms with Crippen molar-refractivity contribution in [1.82, 2.24) is 0 Å². The van der Waals surface area contributed by atoms with Gasteiger partial charge in [0.15, 0.2) is 11.5 Å². The summed E-state index contributed by atoms with van der Waals surface area (Å²) in [5.41, 5.74) is 0.840. The summed E-state index contributed by atoms with van der Waals surface area (Å²) in [6.45, 7) is 10.4. The first-order chi connectivity index (χ1) is 12.7. The smallest absolute Gasteiger partial charge is 0.162 e. The minimum absolute atomic E-state index is 0.588. The molecule has 26 heavy (non-hydrogen) atoms. The van der Waals surface area contributed by atoms with Gasteiger partial charge < -0.3 is 9.47 Å². The van der Waals surface area contributed by atoms with Crippen LogP contribution in [0.25, 0.3) is 0 Å². The first-order valence-electron chi connectivity index (χ1n) is 10.5. The lowest BCUT2D eigenvalue weighted by Crippen LogP contribution is -2.14. The van der Waals surface area contributed by atoms with E-state index in [1.165, 1.54) is 38.5 Å². The van der Waals surface area contributed by atoms with Gasteiger partial charge in [0.05, 0.1) is 13.2 Å². The Morgan fingerprint density at radius 2 is 1.38 bits per heavy atom. The van der Waals surface area contributed by atoms with Crippen LogP contribution in [0.5, 0.6) is 11.5 Å². The molecule has 0 aliphatic heterocycles. The third kappa shape index (κ3) is 8.17. The average molecular weight is 359 g/mol. The molecule has 0 N–H and O–H groups in total. The van der Waals surface area contributed by atoms with Crippen LogP contribution < -0.4 is 9.47 Å². The number of hydrogen-bond acceptors (Lipinski definition) is 2. The fourth-order valence-electron chi connectivity index (χ4n) is 3.04. The van der Waals surface area contributed by atoms with Gasteiger partial charge in [-0.1, -0.05) is 72.1 Å². The van der Waals surface area contributed by atoms with E-state index in [0.29, 0.717) is 11.8 Å². The SMILES string of the molecule is C#Cc1ccc(OCC(CC)CCCC)c(OCC(CC)CCCC)c1. The van der Waals surface area contributed by atoms with Gasteiger partial charge in [0, 0.05) is 5.56 Å². The largest absolute Gasteiger partial charge is 0.489 e. The highest BCUT2D eigenvalue weighted by Gasteiger charge is 2.13. The van der Waals surface area contributed by atoms with Gasteiger partial charge in [0.25, 0.3) is 0 Å². The molecular formula is C24H38O2. The summed E-state index contributed by atoms with van der Waals surface area (Å²) in [6.07, 6.45) is 15.3. The van der Waals surface area contributed by atoms with Crippen LogP contribution in [0.2, 0.25) is 0 Å². The second-order valence-electron chi connectivity index (χ2n) is 7.26. The summed E-state index contributed by atoms with van der Waals surface area (Å²) in [5.74, 6) is 5.50. The Bertz CT molecular complexity index is 530. The predicted octanol–water partition coefficient (Wildman–Crippen LogP) is 6.86. The fraction of sp³-hybridized carbons (Fsp3) is 0.667. The van der Waals surface area contributed by atoms with Crippen molar-refractivity contribution in [3.8, 4) is 23.8 Å². The molecular weight excluding hydrogens is 320 g/mol. The highest BCUT2D eigenvalue weighted by atomic mass is 16.5. The lowest BCUT2D eigenvalue weighted by atomic mass is 10.0. The van der Waals surface area contributed by atoms with E-state index in [9.17, 15) is 0 Å². The van der Waals surface area contributed by atoms with Crippen molar-refractivity contribution in [2.45, 2.75) is 79.1 Å². The highest BCUT2D eigenvalue weighted by molar-refractivity contribution is 5.47. The molecule has 0 heterocycles. The van der Waals surface area contributed by atoms with E-state index in [2.05, 4.69) is 33.6 Å². The maximum absolute atomic E-state index is 6.16. The third-order valence-electron chi connectivity index (χ3n) is 5.15. The fourth-order valence-corrected chi connectivity index (χ4v) is 3.04. The summed E-state index contributed by atoms with van der Waals surface area (Å²) in [5, 5.41) is 0. The highest BCUT2D eigenvalue weighted by Crippen LogP contribution is 2.30. The molecule has 0 bridgehead atoms. The lowest BCUT2D eigenvalue weighted by molar-refractivity contribution is 0.199. The number of unbranched alkanes of at least 4 members (excludes halogenated alkanes) is 2. The molecule has 0 amide bonds. The summed E-state index contributed by atoms with van der Waals surface area (Å²) in [6, 6.07) is 5.84. The molecule has 0 saturated carbocycles. The van der Waals surface area contributed by atoms with Gasteiger partial charge in [0.1, 0.15) is 0 Å². The van der Waals surface area contributed by atoms with Crippen molar-refractivity contribution in [3.63, 3.8) is 0 Å². The minimum atomic E-state index is 0.588. The van der Waals surface area contributed by atoms with Gasteiger partial charge >= 0.3 is 0 Å². The normalized spacial score (nSPS) is 13.0. The van der Waals surface area contributed by atoms with Gasteiger partial charge in [-0.05, 0) is 42.9 Å². The first-order valence-corrected chi connectivity index (χ1v) is 10.5. The zero-order chi connectivity index (χ0) is 19.2. The maximum Gasteiger partial charge on any atom is 0.162 e. The molecule has 146 valence electrons. The predicted molar refractivity (Wildman–Crippen MR) is 112 cm³/mol. The second-order valence-corrected chi connectivity index (χ2v) is 7.26. The van der Waals surface area contributed by atoms with Crippen LogP contribution in [0.15, 0.2) is 18.2 Å². The maximum atomic E-state index is 6.16. The zero-order valence-corrected chi connectivity index (χ0v) is 17.4. The van der Waals surface area contributed by atoms with Crippen molar-refractivity contribution in [2.75, 3.05) is 13.2 Å². The molecule has 2 heteroatoms. The number of benzene rings is 1. The van der Waals surface area contributed by atoms with Crippen LogP contribution in [-0.2, 0) is 0 Å². The Labute approximate surface area is 161 Å². The second kappa shape index (κ2) is 13.6. The minimum Gasteiger partial charge on any atom is -0.489 e. The molecule has 1 rings (SSSR count). The Morgan fingerprint density at radius 3 is 1.85 bits per heavy atom. The monoisotopic (exact) mass is 358 g/mol. The summed E-state index contributed by atoms with van der Waals surface area (Å²) in [7, 11) is 0. The topological polar surface area (TPSA) is 18.5 Å². The molecule has 0 spiro atoms. The van der Waals surface area contributed by atoms with E-state index < -0.39 is 0 Å². The quantitative estimate of drug-likeness (QED) is 0.338. The summed E-state index contributed by atoms with van der Waals surface area (Å²) >= 11 is 0. The average Bonchev–Trinajstić information content (AvgIpc) is 2.68. The molecule has 2 nitrogen and oxygen atoms in total. The van der Waals surface area contributed by atoms with E-state index in [-0.39, 0.29) is 0 Å². The van der Waals surface area contributed by atoms with Crippen LogP contribution in [0.4, 0.5) is 0 Å². The van der Waals surface area contributed by atoms with Crippen molar-refractivity contribution in [2.24, 2.45) is 11.8 Å². The Morgan fingerprint density at radius 1 is 0.846 bits per heavy atom. The standard InChI is InChI=1S/C24H38O2/c1-6-11-13-21(9-4)18-25-23-16-15-20(8-3)17-24(23)26-19-22(10-5)14-12-7-2/h3,15-17,21-22H,6-7,9-14,18-19H2,1-2,4-5H3. The van der Waals surface area contributed by atoms with Gasteiger partial charge in [-0.25, -0.2) is 0 Å². The number of ether oxygens (including phenoxy) is 2. The van der Waals surface area contributed by atoms with E-state index >= 15 is 0 Å². The van der Waals surface area contributed by atoms with Crippen LogP contribution in [0, 0.1) is 24.2 Å². The van der Waals surface area contributed by atoms with Gasteiger partial charge in [-0.3, -0.25) is 0 Å². The zero-order valence-electron chi connectivity index (χ0n) is 17.4. The molecule has 0 saturated heterocycles. The summed E-state index contributed by atoms with van der Waals surface area (Å²) < 4.78 is 12.3. The van der Waals surface area contributed by atoms with E-state index in [1.54, 1.807) is 0 Å².